The molecule has 0 saturated carbocycles. The van der Waals surface area contributed by atoms with Gasteiger partial charge in [-0.25, -0.2) is 13.4 Å². The summed E-state index contributed by atoms with van der Waals surface area (Å²) in [5.74, 6) is -0.302. The number of ether oxygens (including phenoxy) is 1. The predicted molar refractivity (Wildman–Crippen MR) is 112 cm³/mol. The van der Waals surface area contributed by atoms with Crippen LogP contribution < -0.4 is 0 Å². The van der Waals surface area contributed by atoms with E-state index in [1.165, 1.54) is 10.2 Å². The van der Waals surface area contributed by atoms with Crippen molar-refractivity contribution in [2.75, 3.05) is 6.61 Å². The van der Waals surface area contributed by atoms with Crippen molar-refractivity contribution < 1.29 is 23.1 Å². The molecular formula is C21H21N3O5S. The van der Waals surface area contributed by atoms with Crippen LogP contribution in [0.1, 0.15) is 13.3 Å². The summed E-state index contributed by atoms with van der Waals surface area (Å²) in [6.07, 6.45) is 11.8. The fourth-order valence-corrected chi connectivity index (χ4v) is 4.97. The second kappa shape index (κ2) is 7.83. The first-order chi connectivity index (χ1) is 14.4. The fraction of sp³-hybridized carbons (Fsp3) is 0.238. The van der Waals surface area contributed by atoms with Crippen molar-refractivity contribution in [2.45, 2.75) is 25.1 Å². The molecule has 1 atom stereocenters. The minimum absolute atomic E-state index is 0.228. The van der Waals surface area contributed by atoms with E-state index < -0.39 is 21.2 Å². The number of aromatic nitrogens is 3. The van der Waals surface area contributed by atoms with E-state index in [0.29, 0.717) is 30.0 Å². The number of nitrogens with zero attached hydrogens (tertiary/aromatic N) is 3. The Labute approximate surface area is 173 Å². The lowest BCUT2D eigenvalue weighted by Crippen LogP contribution is -2.26. The van der Waals surface area contributed by atoms with Crippen molar-refractivity contribution in [3.63, 3.8) is 0 Å². The zero-order valence-electron chi connectivity index (χ0n) is 16.3. The summed E-state index contributed by atoms with van der Waals surface area (Å²) in [5.41, 5.74) is 1.94. The highest BCUT2D eigenvalue weighted by Gasteiger charge is 2.26. The largest absolute Gasteiger partial charge is 0.494 e. The summed E-state index contributed by atoms with van der Waals surface area (Å²) in [6.45, 7) is 2.18. The number of hydrogen-bond donors (Lipinski definition) is 1. The van der Waals surface area contributed by atoms with Gasteiger partial charge in [-0.1, -0.05) is 6.08 Å². The lowest BCUT2D eigenvalue weighted by molar-refractivity contribution is -0.137. The van der Waals surface area contributed by atoms with E-state index >= 15 is 0 Å². The van der Waals surface area contributed by atoms with E-state index in [9.17, 15) is 13.2 Å². The fourth-order valence-electron chi connectivity index (χ4n) is 3.55. The van der Waals surface area contributed by atoms with Gasteiger partial charge in [-0.05, 0) is 43.7 Å². The maximum atomic E-state index is 13.1. The van der Waals surface area contributed by atoms with Crippen molar-refractivity contribution in [3.8, 4) is 11.1 Å². The van der Waals surface area contributed by atoms with E-state index in [0.717, 1.165) is 10.9 Å². The third-order valence-electron chi connectivity index (χ3n) is 4.93. The van der Waals surface area contributed by atoms with Crippen LogP contribution in [0, 0.1) is 0 Å². The summed E-state index contributed by atoms with van der Waals surface area (Å²) < 4.78 is 34.3. The van der Waals surface area contributed by atoms with Gasteiger partial charge in [0.1, 0.15) is 23.2 Å². The molecule has 4 rings (SSSR count). The summed E-state index contributed by atoms with van der Waals surface area (Å²) in [6, 6.07) is 5.31. The number of rotatable bonds is 7. The molecule has 0 saturated heterocycles. The van der Waals surface area contributed by atoms with E-state index in [1.54, 1.807) is 53.5 Å². The van der Waals surface area contributed by atoms with Crippen LogP contribution >= 0.6 is 0 Å². The molecule has 9 heteroatoms. The van der Waals surface area contributed by atoms with Gasteiger partial charge in [0.2, 0.25) is 10.0 Å². The predicted octanol–water partition coefficient (Wildman–Crippen LogP) is 3.02. The van der Waals surface area contributed by atoms with Crippen molar-refractivity contribution in [2.24, 2.45) is 0 Å². The highest BCUT2D eigenvalue weighted by atomic mass is 32.2. The number of aliphatic carboxylic acids is 1. The second-order valence-electron chi connectivity index (χ2n) is 6.89. The number of pyridine rings is 1. The first-order valence-electron chi connectivity index (χ1n) is 9.49. The lowest BCUT2D eigenvalue weighted by atomic mass is 10.1. The minimum atomic E-state index is -3.64. The first kappa shape index (κ1) is 20.0. The molecule has 1 N–H and O–H groups in total. The number of carboxylic acid groups (broad SMARTS) is 1. The standard InChI is InChI=1S/C21H21N3O5S/c1-2-29-16-5-7-17(8-6-16)30(27,28)24-11-9-15(12-24)19-13-23(14-20(25)26)21-18(19)4-3-10-22-21/h3-7,9-13,17H,2,8,14H2,1H3,(H,25,26). The van der Waals surface area contributed by atoms with E-state index in [-0.39, 0.29) is 6.54 Å². The third kappa shape index (κ3) is 3.63. The van der Waals surface area contributed by atoms with Crippen LogP contribution in [-0.2, 0) is 26.1 Å². The number of allylic oxidation sites excluding steroid dienone is 2. The molecule has 8 nitrogen and oxygen atoms in total. The molecule has 0 radical (unpaired) electrons. The van der Waals surface area contributed by atoms with Crippen molar-refractivity contribution in [3.05, 3.63) is 67.0 Å². The van der Waals surface area contributed by atoms with Gasteiger partial charge < -0.3 is 14.4 Å². The van der Waals surface area contributed by atoms with Gasteiger partial charge in [0.05, 0.1) is 6.61 Å². The van der Waals surface area contributed by atoms with Crippen LogP contribution in [0.2, 0.25) is 0 Å². The Hall–Kier alpha value is -3.33. The summed E-state index contributed by atoms with van der Waals surface area (Å²) in [5, 5.41) is 9.24. The Balaban J connectivity index is 1.67. The lowest BCUT2D eigenvalue weighted by Gasteiger charge is -2.17. The third-order valence-corrected chi connectivity index (χ3v) is 6.86. The van der Waals surface area contributed by atoms with Gasteiger partial charge >= 0.3 is 5.97 Å². The van der Waals surface area contributed by atoms with Crippen LogP contribution in [0.15, 0.2) is 67.0 Å². The normalized spacial score (nSPS) is 16.6. The minimum Gasteiger partial charge on any atom is -0.494 e. The van der Waals surface area contributed by atoms with Gasteiger partial charge in [0.15, 0.2) is 0 Å². The molecule has 1 unspecified atom stereocenters. The SMILES string of the molecule is CCOC1=CCC(S(=O)(=O)n2ccc(-c3cn(CC(=O)O)c4ncccc34)c2)C=C1. The first-order valence-corrected chi connectivity index (χ1v) is 11.0. The monoisotopic (exact) mass is 427 g/mol. The highest BCUT2D eigenvalue weighted by molar-refractivity contribution is 7.90. The average molecular weight is 427 g/mol. The van der Waals surface area contributed by atoms with Crippen molar-refractivity contribution >= 4 is 27.0 Å². The molecule has 156 valence electrons. The second-order valence-corrected chi connectivity index (χ2v) is 8.94. The van der Waals surface area contributed by atoms with E-state index in [2.05, 4.69) is 4.98 Å². The van der Waals surface area contributed by atoms with Gasteiger partial charge in [-0.2, -0.15) is 0 Å². The maximum Gasteiger partial charge on any atom is 0.323 e. The molecule has 0 spiro atoms. The Morgan fingerprint density at radius 1 is 1.33 bits per heavy atom. The molecule has 0 fully saturated rings. The summed E-state index contributed by atoms with van der Waals surface area (Å²) >= 11 is 0. The van der Waals surface area contributed by atoms with Gasteiger partial charge in [-0.3, -0.25) is 8.77 Å². The summed E-state index contributed by atoms with van der Waals surface area (Å²) in [7, 11) is -3.64. The summed E-state index contributed by atoms with van der Waals surface area (Å²) in [4.78, 5) is 15.5. The van der Waals surface area contributed by atoms with Gasteiger partial charge in [0, 0.05) is 41.3 Å². The van der Waals surface area contributed by atoms with Crippen molar-refractivity contribution in [1.29, 1.82) is 0 Å². The quantitative estimate of drug-likeness (QED) is 0.622. The molecule has 1 aliphatic rings. The number of carbonyl (C=O) groups is 1. The molecule has 0 bridgehead atoms. The van der Waals surface area contributed by atoms with Crippen LogP contribution in [0.5, 0.6) is 0 Å². The van der Waals surface area contributed by atoms with Crippen LogP contribution in [0.25, 0.3) is 22.2 Å². The molecule has 3 aromatic heterocycles. The Morgan fingerprint density at radius 3 is 2.87 bits per heavy atom. The number of hydrogen-bond acceptors (Lipinski definition) is 5. The topological polar surface area (TPSA) is 103 Å². The Kier molecular flexibility index (Phi) is 5.21. The highest BCUT2D eigenvalue weighted by Crippen LogP contribution is 2.31. The number of fused-ring (bicyclic) bond motifs is 1. The average Bonchev–Trinajstić information content (AvgIpc) is 3.34. The molecule has 30 heavy (non-hydrogen) atoms. The molecule has 3 heterocycles. The zero-order chi connectivity index (χ0) is 21.3. The molecule has 0 amide bonds. The van der Waals surface area contributed by atoms with E-state index in [1.807, 2.05) is 13.0 Å². The van der Waals surface area contributed by atoms with Crippen molar-refractivity contribution in [1.82, 2.24) is 13.5 Å². The van der Waals surface area contributed by atoms with Gasteiger partial charge in [-0.15, -0.1) is 0 Å². The molecule has 1 aliphatic carbocycles. The Bertz CT molecular complexity index is 1270. The smallest absolute Gasteiger partial charge is 0.323 e. The molecule has 0 aromatic carbocycles. The molecule has 0 aliphatic heterocycles. The maximum absolute atomic E-state index is 13.1. The number of carboxylic acids is 1. The molecule has 3 aromatic rings. The van der Waals surface area contributed by atoms with Gasteiger partial charge in [0.25, 0.3) is 0 Å². The van der Waals surface area contributed by atoms with Crippen LogP contribution in [0.3, 0.4) is 0 Å². The van der Waals surface area contributed by atoms with Crippen LogP contribution in [0.4, 0.5) is 0 Å². The van der Waals surface area contributed by atoms with Crippen LogP contribution in [-0.4, -0.2) is 44.9 Å². The van der Waals surface area contributed by atoms with E-state index in [4.69, 9.17) is 9.84 Å². The molecular weight excluding hydrogens is 406 g/mol. The zero-order valence-corrected chi connectivity index (χ0v) is 17.1. The Morgan fingerprint density at radius 2 is 2.17 bits per heavy atom.